The van der Waals surface area contributed by atoms with Gasteiger partial charge in [-0.15, -0.1) is 5.10 Å². The molecular weight excluding hydrogens is 278 g/mol. The van der Waals surface area contributed by atoms with E-state index in [1.807, 2.05) is 18.2 Å². The maximum atomic E-state index is 11.9. The average Bonchev–Trinajstić information content (AvgIpc) is 2.98. The first-order chi connectivity index (χ1) is 9.74. The van der Waals surface area contributed by atoms with Gasteiger partial charge in [-0.25, -0.2) is 14.3 Å². The summed E-state index contributed by atoms with van der Waals surface area (Å²) in [5.41, 5.74) is 0.633. The molecular formula is C13H10ClN5O. The minimum Gasteiger partial charge on any atom is -0.268 e. The minimum absolute atomic E-state index is 0.200. The summed E-state index contributed by atoms with van der Waals surface area (Å²) < 4.78 is 2.83. The fraction of sp³-hybridized carbons (Fsp3) is 0.0769. The molecule has 3 rings (SSSR count). The summed E-state index contributed by atoms with van der Waals surface area (Å²) in [6.45, 7) is 0.307. The van der Waals surface area contributed by atoms with Crippen molar-refractivity contribution in [3.63, 3.8) is 0 Å². The molecule has 6 nitrogen and oxygen atoms in total. The maximum absolute atomic E-state index is 11.9. The Hall–Kier alpha value is -2.47. The molecule has 1 aromatic carbocycles. The molecule has 3 aromatic rings. The maximum Gasteiger partial charge on any atom is 0.267 e. The Morgan fingerprint density at radius 2 is 2.00 bits per heavy atom. The van der Waals surface area contributed by atoms with Crippen molar-refractivity contribution in [2.75, 3.05) is 0 Å². The van der Waals surface area contributed by atoms with Gasteiger partial charge in [-0.1, -0.05) is 29.8 Å². The van der Waals surface area contributed by atoms with Crippen LogP contribution in [0.5, 0.6) is 0 Å². The number of rotatable bonds is 3. The van der Waals surface area contributed by atoms with Gasteiger partial charge in [0.1, 0.15) is 12.7 Å². The summed E-state index contributed by atoms with van der Waals surface area (Å²) in [5, 5.41) is 8.84. The topological polar surface area (TPSA) is 65.6 Å². The number of nitrogens with zero attached hydrogens (tertiary/aromatic N) is 5. The van der Waals surface area contributed by atoms with E-state index >= 15 is 0 Å². The molecule has 2 heterocycles. The normalized spacial score (nSPS) is 10.7. The molecule has 0 unspecified atom stereocenters. The zero-order valence-electron chi connectivity index (χ0n) is 10.3. The first-order valence-electron chi connectivity index (χ1n) is 5.90. The van der Waals surface area contributed by atoms with Crippen LogP contribution < -0.4 is 5.56 Å². The number of halogens is 1. The highest BCUT2D eigenvalue weighted by molar-refractivity contribution is 6.31. The monoisotopic (exact) mass is 287 g/mol. The molecule has 100 valence electrons. The first kappa shape index (κ1) is 12.6. The summed E-state index contributed by atoms with van der Waals surface area (Å²) in [4.78, 5) is 15.7. The van der Waals surface area contributed by atoms with Crippen molar-refractivity contribution in [1.29, 1.82) is 0 Å². The summed E-state index contributed by atoms with van der Waals surface area (Å²) in [7, 11) is 0. The Morgan fingerprint density at radius 3 is 2.75 bits per heavy atom. The molecule has 0 amide bonds. The first-order valence-corrected chi connectivity index (χ1v) is 6.28. The van der Waals surface area contributed by atoms with Crippen LogP contribution in [0, 0.1) is 0 Å². The van der Waals surface area contributed by atoms with E-state index in [1.165, 1.54) is 28.1 Å². The van der Waals surface area contributed by atoms with E-state index in [-0.39, 0.29) is 5.56 Å². The van der Waals surface area contributed by atoms with Crippen LogP contribution in [0.4, 0.5) is 0 Å². The highest BCUT2D eigenvalue weighted by atomic mass is 35.5. The highest BCUT2D eigenvalue weighted by Gasteiger charge is 2.06. The fourth-order valence-electron chi connectivity index (χ4n) is 1.79. The lowest BCUT2D eigenvalue weighted by molar-refractivity contribution is 0.619. The standard InChI is InChI=1S/C13H10ClN5O/c14-11-4-2-1-3-10(11)7-18-13(20)6-5-12(17-18)19-9-15-8-16-19/h1-6,8-9H,7H2. The molecule has 0 aliphatic rings. The SMILES string of the molecule is O=c1ccc(-n2cncn2)nn1Cc1ccccc1Cl. The van der Waals surface area contributed by atoms with E-state index in [9.17, 15) is 4.79 Å². The van der Waals surface area contributed by atoms with Crippen LogP contribution in [0.15, 0.2) is 53.8 Å². The summed E-state index contributed by atoms with van der Waals surface area (Å²) in [6, 6.07) is 10.4. The Labute approximate surface area is 119 Å². The van der Waals surface area contributed by atoms with Gasteiger partial charge in [-0.05, 0) is 17.7 Å². The molecule has 0 aliphatic heterocycles. The Balaban J connectivity index is 2.00. The van der Waals surface area contributed by atoms with Crippen LogP contribution >= 0.6 is 11.6 Å². The van der Waals surface area contributed by atoms with E-state index in [1.54, 1.807) is 12.1 Å². The molecule has 0 saturated carbocycles. The molecule has 0 bridgehead atoms. The predicted octanol–water partition coefficient (Wildman–Crippen LogP) is 1.53. The van der Waals surface area contributed by atoms with Gasteiger partial charge in [0, 0.05) is 11.1 Å². The molecule has 0 atom stereocenters. The molecule has 0 fully saturated rings. The largest absolute Gasteiger partial charge is 0.268 e. The van der Waals surface area contributed by atoms with Crippen LogP contribution in [-0.4, -0.2) is 24.5 Å². The molecule has 7 heteroatoms. The van der Waals surface area contributed by atoms with Gasteiger partial charge >= 0.3 is 0 Å². The molecule has 0 saturated heterocycles. The molecule has 0 N–H and O–H groups in total. The molecule has 0 aliphatic carbocycles. The molecule has 20 heavy (non-hydrogen) atoms. The van der Waals surface area contributed by atoms with Crippen LogP contribution in [0.1, 0.15) is 5.56 Å². The lowest BCUT2D eigenvalue weighted by atomic mass is 10.2. The van der Waals surface area contributed by atoms with Gasteiger partial charge in [-0.2, -0.15) is 5.10 Å². The number of aromatic nitrogens is 5. The Kier molecular flexibility index (Phi) is 3.30. The second kappa shape index (κ2) is 5.26. The zero-order chi connectivity index (χ0) is 13.9. The van der Waals surface area contributed by atoms with E-state index in [2.05, 4.69) is 15.2 Å². The van der Waals surface area contributed by atoms with Crippen molar-refractivity contribution in [3.05, 3.63) is 70.0 Å². The van der Waals surface area contributed by atoms with Crippen molar-refractivity contribution in [3.8, 4) is 5.82 Å². The third-order valence-electron chi connectivity index (χ3n) is 2.78. The number of hydrogen-bond donors (Lipinski definition) is 0. The zero-order valence-corrected chi connectivity index (χ0v) is 11.1. The summed E-state index contributed by atoms with van der Waals surface area (Å²) >= 11 is 6.10. The van der Waals surface area contributed by atoms with Gasteiger partial charge in [-0.3, -0.25) is 4.79 Å². The van der Waals surface area contributed by atoms with Gasteiger partial charge in [0.2, 0.25) is 0 Å². The number of hydrogen-bond acceptors (Lipinski definition) is 4. The molecule has 0 spiro atoms. The number of benzene rings is 1. The third-order valence-corrected chi connectivity index (χ3v) is 3.15. The van der Waals surface area contributed by atoms with E-state index in [0.29, 0.717) is 17.4 Å². The van der Waals surface area contributed by atoms with Crippen LogP contribution in [0.25, 0.3) is 5.82 Å². The van der Waals surface area contributed by atoms with Crippen molar-refractivity contribution in [1.82, 2.24) is 24.5 Å². The van der Waals surface area contributed by atoms with Crippen LogP contribution in [0.2, 0.25) is 5.02 Å². The fourth-order valence-corrected chi connectivity index (χ4v) is 1.98. The smallest absolute Gasteiger partial charge is 0.267 e. The van der Waals surface area contributed by atoms with Crippen molar-refractivity contribution in [2.45, 2.75) is 6.54 Å². The molecule has 2 aromatic heterocycles. The van der Waals surface area contributed by atoms with Gasteiger partial charge in [0.25, 0.3) is 5.56 Å². The quantitative estimate of drug-likeness (QED) is 0.733. The predicted molar refractivity (Wildman–Crippen MR) is 74.0 cm³/mol. The minimum atomic E-state index is -0.200. The lowest BCUT2D eigenvalue weighted by Gasteiger charge is -2.08. The van der Waals surface area contributed by atoms with Crippen molar-refractivity contribution in [2.24, 2.45) is 0 Å². The average molecular weight is 288 g/mol. The second-order valence-corrected chi connectivity index (χ2v) is 4.53. The van der Waals surface area contributed by atoms with Crippen LogP contribution in [0.3, 0.4) is 0 Å². The Morgan fingerprint density at radius 1 is 1.15 bits per heavy atom. The van der Waals surface area contributed by atoms with Gasteiger partial charge in [0.05, 0.1) is 6.54 Å². The van der Waals surface area contributed by atoms with E-state index in [4.69, 9.17) is 11.6 Å². The molecule has 0 radical (unpaired) electrons. The van der Waals surface area contributed by atoms with Crippen molar-refractivity contribution >= 4 is 11.6 Å². The Bertz CT molecular complexity index is 781. The van der Waals surface area contributed by atoms with E-state index in [0.717, 1.165) is 5.56 Å². The van der Waals surface area contributed by atoms with Gasteiger partial charge in [0.15, 0.2) is 5.82 Å². The highest BCUT2D eigenvalue weighted by Crippen LogP contribution is 2.15. The van der Waals surface area contributed by atoms with Crippen molar-refractivity contribution < 1.29 is 0 Å². The second-order valence-electron chi connectivity index (χ2n) is 4.12. The van der Waals surface area contributed by atoms with Crippen LogP contribution in [-0.2, 0) is 6.54 Å². The summed E-state index contributed by atoms with van der Waals surface area (Å²) in [5.74, 6) is 0.522. The van der Waals surface area contributed by atoms with E-state index < -0.39 is 0 Å². The summed E-state index contributed by atoms with van der Waals surface area (Å²) in [6.07, 6.45) is 2.93. The lowest BCUT2D eigenvalue weighted by Crippen LogP contribution is -2.24. The third kappa shape index (κ3) is 2.46. The van der Waals surface area contributed by atoms with Gasteiger partial charge < -0.3 is 0 Å².